The van der Waals surface area contributed by atoms with Crippen LogP contribution in [0.2, 0.25) is 0 Å². The molecule has 0 saturated carbocycles. The second-order valence-corrected chi connectivity index (χ2v) is 6.78. The predicted octanol–water partition coefficient (Wildman–Crippen LogP) is 3.74. The summed E-state index contributed by atoms with van der Waals surface area (Å²) in [6.45, 7) is 0.548. The van der Waals surface area contributed by atoms with Gasteiger partial charge < -0.3 is 5.11 Å². The van der Waals surface area contributed by atoms with Crippen molar-refractivity contribution in [2.45, 2.75) is 38.6 Å². The van der Waals surface area contributed by atoms with Gasteiger partial charge in [0, 0.05) is 12.1 Å². The van der Waals surface area contributed by atoms with E-state index in [1.165, 1.54) is 5.56 Å². The number of aromatic nitrogens is 2. The Labute approximate surface area is 152 Å². The highest BCUT2D eigenvalue weighted by atomic mass is 16.3. The fourth-order valence-electron chi connectivity index (χ4n) is 3.65. The first kappa shape index (κ1) is 16.6. The maximum absolute atomic E-state index is 13.2. The van der Waals surface area contributed by atoms with E-state index in [-0.39, 0.29) is 11.3 Å². The maximum Gasteiger partial charge on any atom is 0.257 e. The monoisotopic (exact) mass is 346 g/mol. The first-order valence-electron chi connectivity index (χ1n) is 9.19. The summed E-state index contributed by atoms with van der Waals surface area (Å²) in [6, 6.07) is 17.2. The summed E-state index contributed by atoms with van der Waals surface area (Å²) in [7, 11) is 0. The van der Waals surface area contributed by atoms with Gasteiger partial charge in [-0.05, 0) is 49.8 Å². The molecule has 0 saturated heterocycles. The molecule has 0 radical (unpaired) electrons. The van der Waals surface area contributed by atoms with Gasteiger partial charge in [0.15, 0.2) is 0 Å². The average Bonchev–Trinajstić information content (AvgIpc) is 2.68. The number of phenolic OH excluding ortho intramolecular Hbond substituents is 1. The summed E-state index contributed by atoms with van der Waals surface area (Å²) < 4.78 is 1.74. The number of nitrogens with zero attached hydrogens (tertiary/aromatic N) is 2. The predicted molar refractivity (Wildman–Crippen MR) is 102 cm³/mol. The molecule has 132 valence electrons. The Morgan fingerprint density at radius 2 is 1.69 bits per heavy atom. The highest BCUT2D eigenvalue weighted by Crippen LogP contribution is 2.28. The van der Waals surface area contributed by atoms with Crippen molar-refractivity contribution in [1.29, 1.82) is 0 Å². The molecule has 0 spiro atoms. The zero-order valence-corrected chi connectivity index (χ0v) is 14.7. The van der Waals surface area contributed by atoms with E-state index >= 15 is 0 Å². The molecule has 1 aliphatic carbocycles. The molecule has 1 N–H and O–H groups in total. The molecule has 4 rings (SSSR count). The van der Waals surface area contributed by atoms with E-state index in [4.69, 9.17) is 4.98 Å². The fraction of sp³-hybridized carbons (Fsp3) is 0.273. The molecule has 26 heavy (non-hydrogen) atoms. The van der Waals surface area contributed by atoms with Crippen molar-refractivity contribution in [3.05, 3.63) is 81.8 Å². The van der Waals surface area contributed by atoms with Gasteiger partial charge in [-0.1, -0.05) is 42.5 Å². The van der Waals surface area contributed by atoms with E-state index in [9.17, 15) is 9.90 Å². The van der Waals surface area contributed by atoms with Crippen LogP contribution in [-0.2, 0) is 25.8 Å². The third-order valence-electron chi connectivity index (χ3n) is 5.05. The second kappa shape index (κ2) is 7.16. The van der Waals surface area contributed by atoms with Crippen molar-refractivity contribution in [3.63, 3.8) is 0 Å². The minimum atomic E-state index is 0.0453. The summed E-state index contributed by atoms with van der Waals surface area (Å²) >= 11 is 0. The van der Waals surface area contributed by atoms with Crippen LogP contribution in [0.1, 0.15) is 29.7 Å². The molecule has 0 unspecified atom stereocenters. The molecule has 0 amide bonds. The molecular formula is C22H22N2O2. The average molecular weight is 346 g/mol. The van der Waals surface area contributed by atoms with Gasteiger partial charge in [-0.3, -0.25) is 9.36 Å². The normalized spacial score (nSPS) is 13.4. The molecule has 0 atom stereocenters. The van der Waals surface area contributed by atoms with Crippen LogP contribution in [0.4, 0.5) is 0 Å². The van der Waals surface area contributed by atoms with Crippen LogP contribution in [0.3, 0.4) is 0 Å². The standard InChI is InChI=1S/C22H22N2O2/c25-20-13-7-5-11-18(20)21-23-19-12-6-4-10-17(19)22(26)24(21)15-14-16-8-2-1-3-9-16/h1-3,5,7-9,11,13,25H,4,6,10,12,14-15H2. The molecule has 4 nitrogen and oxygen atoms in total. The van der Waals surface area contributed by atoms with Crippen molar-refractivity contribution in [3.8, 4) is 17.1 Å². The molecule has 0 fully saturated rings. The second-order valence-electron chi connectivity index (χ2n) is 6.78. The summed E-state index contributed by atoms with van der Waals surface area (Å²) in [6.07, 6.45) is 4.49. The minimum Gasteiger partial charge on any atom is -0.507 e. The van der Waals surface area contributed by atoms with Crippen LogP contribution < -0.4 is 5.56 Å². The Morgan fingerprint density at radius 1 is 0.962 bits per heavy atom. The SMILES string of the molecule is O=c1c2c(nc(-c3ccccc3O)n1CCc1ccccc1)CCCC2. The third kappa shape index (κ3) is 3.15. The number of hydrogen-bond acceptors (Lipinski definition) is 3. The Bertz CT molecular complexity index is 977. The van der Waals surface area contributed by atoms with Gasteiger partial charge >= 0.3 is 0 Å². The summed E-state index contributed by atoms with van der Waals surface area (Å²) in [5.41, 5.74) is 3.59. The minimum absolute atomic E-state index is 0.0453. The van der Waals surface area contributed by atoms with E-state index in [0.29, 0.717) is 17.9 Å². The first-order chi connectivity index (χ1) is 12.7. The van der Waals surface area contributed by atoms with Crippen LogP contribution in [-0.4, -0.2) is 14.7 Å². The molecule has 0 aliphatic heterocycles. The van der Waals surface area contributed by atoms with Crippen LogP contribution in [0.25, 0.3) is 11.4 Å². The van der Waals surface area contributed by atoms with Crippen molar-refractivity contribution < 1.29 is 5.11 Å². The van der Waals surface area contributed by atoms with E-state index in [0.717, 1.165) is 43.4 Å². The lowest BCUT2D eigenvalue weighted by Gasteiger charge is -2.20. The summed E-state index contributed by atoms with van der Waals surface area (Å²) in [4.78, 5) is 18.0. The van der Waals surface area contributed by atoms with Crippen LogP contribution in [0.15, 0.2) is 59.4 Å². The number of para-hydroxylation sites is 1. The van der Waals surface area contributed by atoms with E-state index in [1.807, 2.05) is 30.3 Å². The molecular weight excluding hydrogens is 324 g/mol. The Balaban J connectivity index is 1.82. The number of rotatable bonds is 4. The highest BCUT2D eigenvalue weighted by Gasteiger charge is 2.21. The lowest BCUT2D eigenvalue weighted by Crippen LogP contribution is -2.30. The van der Waals surface area contributed by atoms with Crippen LogP contribution >= 0.6 is 0 Å². The highest BCUT2D eigenvalue weighted by molar-refractivity contribution is 5.64. The van der Waals surface area contributed by atoms with Gasteiger partial charge in [0.2, 0.25) is 0 Å². The van der Waals surface area contributed by atoms with Crippen molar-refractivity contribution in [1.82, 2.24) is 9.55 Å². The third-order valence-corrected chi connectivity index (χ3v) is 5.05. The topological polar surface area (TPSA) is 55.1 Å². The Kier molecular flexibility index (Phi) is 4.57. The summed E-state index contributed by atoms with van der Waals surface area (Å²) in [5, 5.41) is 10.3. The van der Waals surface area contributed by atoms with Gasteiger partial charge in [0.25, 0.3) is 5.56 Å². The molecule has 4 heteroatoms. The van der Waals surface area contributed by atoms with Gasteiger partial charge in [0.05, 0.1) is 11.3 Å². The maximum atomic E-state index is 13.2. The molecule has 1 heterocycles. The van der Waals surface area contributed by atoms with Gasteiger partial charge in [-0.2, -0.15) is 0 Å². The quantitative estimate of drug-likeness (QED) is 0.783. The zero-order valence-electron chi connectivity index (χ0n) is 14.7. The summed E-state index contributed by atoms with van der Waals surface area (Å²) in [5.74, 6) is 0.730. The van der Waals surface area contributed by atoms with Gasteiger partial charge in [0.1, 0.15) is 11.6 Å². The number of fused-ring (bicyclic) bond motifs is 1. The van der Waals surface area contributed by atoms with E-state index in [1.54, 1.807) is 16.7 Å². The number of aryl methyl sites for hydroxylation is 2. The number of benzene rings is 2. The molecule has 0 bridgehead atoms. The Morgan fingerprint density at radius 3 is 2.50 bits per heavy atom. The Hall–Kier alpha value is -2.88. The molecule has 2 aromatic carbocycles. The lowest BCUT2D eigenvalue weighted by atomic mass is 9.96. The largest absolute Gasteiger partial charge is 0.507 e. The van der Waals surface area contributed by atoms with Crippen molar-refractivity contribution in [2.24, 2.45) is 0 Å². The van der Waals surface area contributed by atoms with Crippen LogP contribution in [0.5, 0.6) is 5.75 Å². The van der Waals surface area contributed by atoms with E-state index in [2.05, 4.69) is 12.1 Å². The molecule has 1 aromatic heterocycles. The van der Waals surface area contributed by atoms with Crippen molar-refractivity contribution in [2.75, 3.05) is 0 Å². The molecule has 3 aromatic rings. The number of hydrogen-bond donors (Lipinski definition) is 1. The first-order valence-corrected chi connectivity index (χ1v) is 9.19. The smallest absolute Gasteiger partial charge is 0.257 e. The van der Waals surface area contributed by atoms with Crippen LogP contribution in [0, 0.1) is 0 Å². The van der Waals surface area contributed by atoms with E-state index < -0.39 is 0 Å². The van der Waals surface area contributed by atoms with Gasteiger partial charge in [-0.25, -0.2) is 4.98 Å². The van der Waals surface area contributed by atoms with Gasteiger partial charge in [-0.15, -0.1) is 0 Å². The number of aromatic hydroxyl groups is 1. The van der Waals surface area contributed by atoms with Crippen molar-refractivity contribution >= 4 is 0 Å². The lowest BCUT2D eigenvalue weighted by molar-refractivity contribution is 0.475. The number of phenols is 1. The zero-order chi connectivity index (χ0) is 17.9. The molecule has 1 aliphatic rings. The fourth-order valence-corrected chi connectivity index (χ4v) is 3.65.